The van der Waals surface area contributed by atoms with Crippen LogP contribution in [0.4, 0.5) is 11.5 Å². The molecule has 8 heteroatoms. The van der Waals surface area contributed by atoms with Gasteiger partial charge in [0.1, 0.15) is 11.9 Å². The van der Waals surface area contributed by atoms with Crippen LogP contribution in [0.5, 0.6) is 0 Å². The molecule has 0 aliphatic carbocycles. The number of nitriles is 1. The molecule has 8 nitrogen and oxygen atoms in total. The summed E-state index contributed by atoms with van der Waals surface area (Å²) in [6.07, 6.45) is 2.94. The number of pyridine rings is 1. The average Bonchev–Trinajstić information content (AvgIpc) is 3.08. The highest BCUT2D eigenvalue weighted by Crippen LogP contribution is 2.19. The molecule has 2 aromatic carbocycles. The minimum absolute atomic E-state index is 0.146. The predicted molar refractivity (Wildman–Crippen MR) is 139 cm³/mol. The van der Waals surface area contributed by atoms with Gasteiger partial charge in [-0.2, -0.15) is 5.26 Å². The van der Waals surface area contributed by atoms with Gasteiger partial charge in [0.2, 0.25) is 11.8 Å². The summed E-state index contributed by atoms with van der Waals surface area (Å²) in [5, 5.41) is 15.3. The number of nitrogens with one attached hydrogen (secondary N) is 2. The fourth-order valence-electron chi connectivity index (χ4n) is 4.15. The van der Waals surface area contributed by atoms with E-state index in [2.05, 4.69) is 26.6 Å². The van der Waals surface area contributed by atoms with Crippen LogP contribution in [0.25, 0.3) is 0 Å². The Bertz CT molecular complexity index is 1210. The van der Waals surface area contributed by atoms with E-state index in [0.717, 1.165) is 29.8 Å². The van der Waals surface area contributed by atoms with Crippen molar-refractivity contribution in [3.05, 3.63) is 89.6 Å². The van der Waals surface area contributed by atoms with Crippen molar-refractivity contribution in [3.8, 4) is 6.07 Å². The van der Waals surface area contributed by atoms with Gasteiger partial charge >= 0.3 is 0 Å². The number of anilines is 2. The molecule has 1 aromatic heterocycles. The van der Waals surface area contributed by atoms with E-state index in [0.29, 0.717) is 37.4 Å². The Labute approximate surface area is 211 Å². The summed E-state index contributed by atoms with van der Waals surface area (Å²) in [5.41, 5.74) is 3.51. The van der Waals surface area contributed by atoms with Gasteiger partial charge in [0, 0.05) is 39.6 Å². The maximum atomic E-state index is 13.2. The molecule has 0 bridgehead atoms. The summed E-state index contributed by atoms with van der Waals surface area (Å²) in [7, 11) is 1.82. The second-order valence-electron chi connectivity index (χ2n) is 8.80. The topological polar surface area (TPSA) is 101 Å². The third-order valence-corrected chi connectivity index (χ3v) is 6.33. The van der Waals surface area contributed by atoms with Crippen LogP contribution >= 0.6 is 0 Å². The first-order chi connectivity index (χ1) is 17.5. The highest BCUT2D eigenvalue weighted by Gasteiger charge is 2.21. The highest BCUT2D eigenvalue weighted by molar-refractivity contribution is 5.94. The number of nitrogens with zero attached hydrogens (tertiary/aromatic N) is 4. The number of benzene rings is 2. The van der Waals surface area contributed by atoms with Gasteiger partial charge in [-0.3, -0.25) is 9.59 Å². The van der Waals surface area contributed by atoms with Gasteiger partial charge in [-0.15, -0.1) is 0 Å². The molecule has 184 valence electrons. The number of rotatable bonds is 8. The molecule has 0 radical (unpaired) electrons. The van der Waals surface area contributed by atoms with Gasteiger partial charge in [-0.25, -0.2) is 4.98 Å². The first-order valence-corrected chi connectivity index (χ1v) is 12.1. The number of likely N-dealkylation sites (N-methyl/N-ethyl adjacent to an activating group) is 1. The van der Waals surface area contributed by atoms with Crippen molar-refractivity contribution < 1.29 is 9.59 Å². The van der Waals surface area contributed by atoms with Gasteiger partial charge in [0.25, 0.3) is 0 Å². The minimum Gasteiger partial charge on any atom is -0.368 e. The smallest absolute Gasteiger partial charge is 0.247 e. The molecule has 36 heavy (non-hydrogen) atoms. The zero-order chi connectivity index (χ0) is 25.3. The second kappa shape index (κ2) is 12.0. The van der Waals surface area contributed by atoms with Crippen LogP contribution in [0.3, 0.4) is 0 Å². The molecular formula is C28H30N6O2. The number of hydrogen-bond donors (Lipinski definition) is 2. The molecule has 1 fully saturated rings. The summed E-state index contributed by atoms with van der Waals surface area (Å²) < 4.78 is 0. The Morgan fingerprint density at radius 1 is 1.06 bits per heavy atom. The van der Waals surface area contributed by atoms with E-state index >= 15 is 0 Å². The zero-order valence-electron chi connectivity index (χ0n) is 20.4. The molecule has 2 N–H and O–H groups in total. The summed E-state index contributed by atoms with van der Waals surface area (Å²) in [6.45, 7) is 2.66. The Kier molecular flexibility index (Phi) is 8.27. The second-order valence-corrected chi connectivity index (χ2v) is 8.80. The zero-order valence-corrected chi connectivity index (χ0v) is 20.4. The van der Waals surface area contributed by atoms with Crippen LogP contribution in [-0.2, 0) is 16.0 Å². The number of carbonyl (C=O) groups excluding carboxylic acids is 2. The maximum Gasteiger partial charge on any atom is 0.247 e. The fraction of sp³-hybridized carbons (Fsp3) is 0.286. The van der Waals surface area contributed by atoms with Gasteiger partial charge < -0.3 is 20.4 Å². The van der Waals surface area contributed by atoms with Crippen molar-refractivity contribution in [1.82, 2.24) is 15.2 Å². The average molecular weight is 483 g/mol. The molecule has 2 amide bonds. The molecule has 2 heterocycles. The minimum atomic E-state index is -0.543. The molecule has 0 saturated carbocycles. The number of hydrogen-bond acceptors (Lipinski definition) is 6. The van der Waals surface area contributed by atoms with Gasteiger partial charge in [-0.1, -0.05) is 42.5 Å². The summed E-state index contributed by atoms with van der Waals surface area (Å²) in [6, 6.07) is 22.4. The van der Waals surface area contributed by atoms with Gasteiger partial charge in [0.05, 0.1) is 23.5 Å². The summed E-state index contributed by atoms with van der Waals surface area (Å²) in [4.78, 5) is 33.5. The van der Waals surface area contributed by atoms with E-state index < -0.39 is 6.04 Å². The molecule has 4 rings (SSSR count). The van der Waals surface area contributed by atoms with E-state index in [1.807, 2.05) is 55.6 Å². The quantitative estimate of drug-likeness (QED) is 0.512. The Hall–Kier alpha value is -4.22. The normalized spacial score (nSPS) is 14.6. The van der Waals surface area contributed by atoms with Crippen LogP contribution in [0, 0.1) is 11.3 Å². The highest BCUT2D eigenvalue weighted by atomic mass is 16.2. The monoisotopic (exact) mass is 482 g/mol. The predicted octanol–water partition coefficient (Wildman–Crippen LogP) is 3.13. The van der Waals surface area contributed by atoms with Crippen LogP contribution in [0.1, 0.15) is 29.2 Å². The molecule has 3 aromatic rings. The lowest BCUT2D eigenvalue weighted by Crippen LogP contribution is -2.34. The fourth-order valence-corrected chi connectivity index (χ4v) is 4.15. The Balaban J connectivity index is 1.39. The third kappa shape index (κ3) is 6.46. The molecule has 1 unspecified atom stereocenters. The largest absolute Gasteiger partial charge is 0.368 e. The maximum absolute atomic E-state index is 13.2. The van der Waals surface area contributed by atoms with Crippen LogP contribution < -0.4 is 15.5 Å². The Morgan fingerprint density at radius 2 is 1.83 bits per heavy atom. The van der Waals surface area contributed by atoms with Crippen molar-refractivity contribution in [2.24, 2.45) is 0 Å². The number of aromatic nitrogens is 1. The number of carbonyl (C=O) groups is 2. The van der Waals surface area contributed by atoms with Crippen LogP contribution in [-0.4, -0.2) is 54.9 Å². The Morgan fingerprint density at radius 3 is 2.53 bits per heavy atom. The van der Waals surface area contributed by atoms with Crippen LogP contribution in [0.2, 0.25) is 0 Å². The lowest BCUT2D eigenvalue weighted by atomic mass is 10.1. The van der Waals surface area contributed by atoms with Crippen molar-refractivity contribution in [3.63, 3.8) is 0 Å². The summed E-state index contributed by atoms with van der Waals surface area (Å²) >= 11 is 0. The van der Waals surface area contributed by atoms with Crippen molar-refractivity contribution >= 4 is 23.3 Å². The molecule has 0 spiro atoms. The molecule has 1 aliphatic heterocycles. The van der Waals surface area contributed by atoms with E-state index in [9.17, 15) is 9.59 Å². The molecular weight excluding hydrogens is 452 g/mol. The summed E-state index contributed by atoms with van der Waals surface area (Å²) in [5.74, 6) is 0.429. The van der Waals surface area contributed by atoms with E-state index in [-0.39, 0.29) is 11.8 Å². The van der Waals surface area contributed by atoms with Crippen LogP contribution in [0.15, 0.2) is 72.9 Å². The SMILES string of the molecule is CN1CCN(c2ccc(NC(=O)C(NCCc3ccc(C#N)cc3)c3ccccc3)nc2)CCC1=O. The number of amides is 2. The van der Waals surface area contributed by atoms with E-state index in [1.54, 1.807) is 29.3 Å². The van der Waals surface area contributed by atoms with Crippen molar-refractivity contribution in [2.45, 2.75) is 18.9 Å². The molecule has 1 atom stereocenters. The van der Waals surface area contributed by atoms with Gasteiger partial charge in [0.15, 0.2) is 0 Å². The van der Waals surface area contributed by atoms with E-state index in [1.165, 1.54) is 0 Å². The van der Waals surface area contributed by atoms with E-state index in [4.69, 9.17) is 5.26 Å². The van der Waals surface area contributed by atoms with Crippen molar-refractivity contribution in [1.29, 1.82) is 5.26 Å². The molecule has 1 saturated heterocycles. The van der Waals surface area contributed by atoms with Gasteiger partial charge in [-0.05, 0) is 41.8 Å². The lowest BCUT2D eigenvalue weighted by molar-refractivity contribution is -0.129. The lowest BCUT2D eigenvalue weighted by Gasteiger charge is -2.22. The molecule has 1 aliphatic rings. The van der Waals surface area contributed by atoms with Crippen molar-refractivity contribution in [2.75, 3.05) is 43.4 Å². The standard InChI is InChI=1S/C28H30N6O2/c1-33-17-18-34(16-14-26(33)35)24-11-12-25(31-20-24)32-28(36)27(23-5-3-2-4-6-23)30-15-13-21-7-9-22(19-29)10-8-21/h2-12,20,27,30H,13-18H2,1H3,(H,31,32,36). The first kappa shape index (κ1) is 24.9. The first-order valence-electron chi connectivity index (χ1n) is 12.1. The third-order valence-electron chi connectivity index (χ3n) is 6.33.